The lowest BCUT2D eigenvalue weighted by molar-refractivity contribution is 0.998. The van der Waals surface area contributed by atoms with Gasteiger partial charge in [-0.3, -0.25) is 0 Å². The lowest BCUT2D eigenvalue weighted by Crippen LogP contribution is -2.08. The number of aryl methyl sites for hydroxylation is 1. The van der Waals surface area contributed by atoms with Gasteiger partial charge in [0.25, 0.3) is 0 Å². The molecule has 0 spiro atoms. The first-order valence-electron chi connectivity index (χ1n) is 5.72. The Labute approximate surface area is 111 Å². The molecular formula is C13H15ClN4. The van der Waals surface area contributed by atoms with Crippen molar-refractivity contribution in [1.29, 1.82) is 0 Å². The second kappa shape index (κ2) is 5.69. The summed E-state index contributed by atoms with van der Waals surface area (Å²) in [6.45, 7) is 2.83. The highest BCUT2D eigenvalue weighted by Crippen LogP contribution is 2.22. The summed E-state index contributed by atoms with van der Waals surface area (Å²) in [6.07, 6.45) is 2.30. The largest absolute Gasteiger partial charge is 0.382 e. The third-order valence-electron chi connectivity index (χ3n) is 2.61. The van der Waals surface area contributed by atoms with E-state index in [2.05, 4.69) is 46.5 Å². The van der Waals surface area contributed by atoms with Crippen LogP contribution in [0, 0.1) is 6.92 Å². The van der Waals surface area contributed by atoms with Gasteiger partial charge in [-0.2, -0.15) is 0 Å². The number of benzene rings is 1. The maximum absolute atomic E-state index is 5.99. The lowest BCUT2D eigenvalue weighted by atomic mass is 10.1. The summed E-state index contributed by atoms with van der Waals surface area (Å²) in [6, 6.07) is 8.40. The Bertz CT molecular complexity index is 542. The number of aromatic nitrogens is 2. The third kappa shape index (κ3) is 3.11. The maximum atomic E-state index is 5.99. The summed E-state index contributed by atoms with van der Waals surface area (Å²) in [7, 11) is 0. The van der Waals surface area contributed by atoms with Crippen LogP contribution in [0.2, 0.25) is 5.02 Å². The van der Waals surface area contributed by atoms with Crippen LogP contribution in [0.25, 0.3) is 0 Å². The standard InChI is InChI=1S/C13H15ClN4/c1-9-3-2-4-10(7-9)5-6-16-13-11(14)12(15)17-8-18-13/h2-4,7-8H,5-6H2,1H3,(H3,15,16,17,18). The van der Waals surface area contributed by atoms with E-state index in [0.717, 1.165) is 13.0 Å². The summed E-state index contributed by atoms with van der Waals surface area (Å²) < 4.78 is 0. The molecule has 1 heterocycles. The van der Waals surface area contributed by atoms with Gasteiger partial charge < -0.3 is 11.1 Å². The minimum Gasteiger partial charge on any atom is -0.382 e. The van der Waals surface area contributed by atoms with Crippen molar-refractivity contribution in [1.82, 2.24) is 9.97 Å². The minimum atomic E-state index is 0.296. The molecule has 4 nitrogen and oxygen atoms in total. The summed E-state index contributed by atoms with van der Waals surface area (Å²) in [4.78, 5) is 7.87. The van der Waals surface area contributed by atoms with Gasteiger partial charge in [-0.25, -0.2) is 9.97 Å². The summed E-state index contributed by atoms with van der Waals surface area (Å²) in [5.41, 5.74) is 8.14. The normalized spacial score (nSPS) is 10.3. The smallest absolute Gasteiger partial charge is 0.150 e. The molecule has 0 aliphatic carbocycles. The molecule has 3 N–H and O–H groups in total. The first-order chi connectivity index (χ1) is 8.66. The van der Waals surface area contributed by atoms with E-state index in [0.29, 0.717) is 16.7 Å². The van der Waals surface area contributed by atoms with Gasteiger partial charge in [-0.15, -0.1) is 0 Å². The summed E-state index contributed by atoms with van der Waals surface area (Å²) in [5.74, 6) is 0.876. The van der Waals surface area contributed by atoms with Gasteiger partial charge in [0.05, 0.1) is 0 Å². The van der Waals surface area contributed by atoms with Crippen molar-refractivity contribution >= 4 is 23.2 Å². The van der Waals surface area contributed by atoms with Gasteiger partial charge >= 0.3 is 0 Å². The zero-order valence-corrected chi connectivity index (χ0v) is 10.9. The molecule has 0 aliphatic rings. The fourth-order valence-corrected chi connectivity index (χ4v) is 1.86. The second-order valence-electron chi connectivity index (χ2n) is 4.09. The molecule has 0 aliphatic heterocycles. The number of nitrogens with zero attached hydrogens (tertiary/aromatic N) is 2. The van der Waals surface area contributed by atoms with Crippen LogP contribution < -0.4 is 11.1 Å². The molecule has 1 aromatic carbocycles. The Kier molecular flexibility index (Phi) is 3.99. The van der Waals surface area contributed by atoms with Crippen molar-refractivity contribution in [2.24, 2.45) is 0 Å². The van der Waals surface area contributed by atoms with Gasteiger partial charge in [-0.05, 0) is 18.9 Å². The summed E-state index contributed by atoms with van der Waals surface area (Å²) >= 11 is 5.99. The van der Waals surface area contributed by atoms with Crippen LogP contribution in [0.5, 0.6) is 0 Å². The van der Waals surface area contributed by atoms with Crippen LogP contribution in [-0.4, -0.2) is 16.5 Å². The quantitative estimate of drug-likeness (QED) is 0.889. The molecule has 0 saturated carbocycles. The van der Waals surface area contributed by atoms with E-state index in [9.17, 15) is 0 Å². The van der Waals surface area contributed by atoms with E-state index in [-0.39, 0.29) is 0 Å². The average Bonchev–Trinajstić information content (AvgIpc) is 2.35. The number of nitrogens with two attached hydrogens (primary N) is 1. The van der Waals surface area contributed by atoms with Crippen LogP contribution in [-0.2, 0) is 6.42 Å². The Morgan fingerprint density at radius 2 is 2.17 bits per heavy atom. The molecule has 2 rings (SSSR count). The average molecular weight is 263 g/mol. The number of anilines is 2. The lowest BCUT2D eigenvalue weighted by Gasteiger charge is -2.08. The van der Waals surface area contributed by atoms with Crippen molar-refractivity contribution in [2.75, 3.05) is 17.6 Å². The Balaban J connectivity index is 1.94. The topological polar surface area (TPSA) is 63.8 Å². The predicted molar refractivity (Wildman–Crippen MR) is 74.8 cm³/mol. The van der Waals surface area contributed by atoms with E-state index in [1.165, 1.54) is 17.5 Å². The van der Waals surface area contributed by atoms with E-state index >= 15 is 0 Å². The van der Waals surface area contributed by atoms with Crippen LogP contribution in [0.4, 0.5) is 11.6 Å². The molecule has 0 atom stereocenters. The molecule has 0 amide bonds. The van der Waals surface area contributed by atoms with Gasteiger partial charge in [0.15, 0.2) is 0 Å². The number of hydrogen-bond acceptors (Lipinski definition) is 4. The SMILES string of the molecule is Cc1cccc(CCNc2ncnc(N)c2Cl)c1. The Hall–Kier alpha value is -1.81. The molecule has 94 valence electrons. The zero-order valence-electron chi connectivity index (χ0n) is 10.2. The Morgan fingerprint density at radius 1 is 1.33 bits per heavy atom. The van der Waals surface area contributed by atoms with E-state index in [4.69, 9.17) is 17.3 Å². The fourth-order valence-electron chi connectivity index (χ4n) is 1.70. The van der Waals surface area contributed by atoms with Gasteiger partial charge in [0.1, 0.15) is 23.0 Å². The van der Waals surface area contributed by atoms with Crippen LogP contribution >= 0.6 is 11.6 Å². The van der Waals surface area contributed by atoms with Crippen molar-refractivity contribution in [2.45, 2.75) is 13.3 Å². The molecule has 18 heavy (non-hydrogen) atoms. The van der Waals surface area contributed by atoms with Crippen molar-refractivity contribution < 1.29 is 0 Å². The third-order valence-corrected chi connectivity index (χ3v) is 2.98. The highest BCUT2D eigenvalue weighted by Gasteiger charge is 2.05. The molecular weight excluding hydrogens is 248 g/mol. The zero-order chi connectivity index (χ0) is 13.0. The Morgan fingerprint density at radius 3 is 2.94 bits per heavy atom. The van der Waals surface area contributed by atoms with E-state index in [1.807, 2.05) is 0 Å². The highest BCUT2D eigenvalue weighted by molar-refractivity contribution is 6.35. The molecule has 5 heteroatoms. The van der Waals surface area contributed by atoms with Crippen LogP contribution in [0.1, 0.15) is 11.1 Å². The highest BCUT2D eigenvalue weighted by atomic mass is 35.5. The predicted octanol–water partition coefficient (Wildman–Crippen LogP) is 2.68. The number of rotatable bonds is 4. The minimum absolute atomic E-state index is 0.296. The number of hydrogen-bond donors (Lipinski definition) is 2. The van der Waals surface area contributed by atoms with Crippen LogP contribution in [0.3, 0.4) is 0 Å². The fraction of sp³-hybridized carbons (Fsp3) is 0.231. The molecule has 0 fully saturated rings. The van der Waals surface area contributed by atoms with Gasteiger partial charge in [0.2, 0.25) is 0 Å². The number of nitrogens with one attached hydrogen (secondary N) is 1. The summed E-state index contributed by atoms with van der Waals surface area (Å²) in [5, 5.41) is 3.54. The van der Waals surface area contributed by atoms with Crippen molar-refractivity contribution in [3.63, 3.8) is 0 Å². The van der Waals surface area contributed by atoms with E-state index in [1.54, 1.807) is 0 Å². The van der Waals surface area contributed by atoms with Crippen molar-refractivity contribution in [3.8, 4) is 0 Å². The molecule has 0 bridgehead atoms. The first-order valence-corrected chi connectivity index (χ1v) is 6.10. The van der Waals surface area contributed by atoms with Crippen molar-refractivity contribution in [3.05, 3.63) is 46.7 Å². The van der Waals surface area contributed by atoms with Gasteiger partial charge in [-0.1, -0.05) is 41.4 Å². The second-order valence-corrected chi connectivity index (χ2v) is 4.47. The molecule has 0 saturated heterocycles. The number of nitrogen functional groups attached to an aromatic ring is 1. The number of halogens is 1. The molecule has 0 radical (unpaired) electrons. The van der Waals surface area contributed by atoms with Crippen LogP contribution in [0.15, 0.2) is 30.6 Å². The van der Waals surface area contributed by atoms with E-state index < -0.39 is 0 Å². The molecule has 0 unspecified atom stereocenters. The monoisotopic (exact) mass is 262 g/mol. The van der Waals surface area contributed by atoms with Gasteiger partial charge in [0, 0.05) is 6.54 Å². The first kappa shape index (κ1) is 12.6. The maximum Gasteiger partial charge on any atom is 0.150 e. The molecule has 2 aromatic rings. The molecule has 1 aromatic heterocycles.